The molecule has 0 unspecified atom stereocenters. The standard InChI is InChI=1S/C16H18N2O4S/c1-3-22-13-8-10-14(11-9-13)23(20,21)18-17-12(2)15-6-4-5-7-16(15)19/h4-11,18-19H,3H2,1-2H3/b17-12+. The van der Waals surface area contributed by atoms with Crippen molar-refractivity contribution < 1.29 is 18.3 Å². The summed E-state index contributed by atoms with van der Waals surface area (Å²) in [7, 11) is -3.78. The molecular weight excluding hydrogens is 316 g/mol. The van der Waals surface area contributed by atoms with Crippen molar-refractivity contribution in [3.63, 3.8) is 0 Å². The van der Waals surface area contributed by atoms with Gasteiger partial charge in [0.25, 0.3) is 10.0 Å². The Morgan fingerprint density at radius 3 is 2.43 bits per heavy atom. The maximum atomic E-state index is 12.2. The average molecular weight is 334 g/mol. The molecule has 6 nitrogen and oxygen atoms in total. The first-order chi connectivity index (χ1) is 10.9. The quantitative estimate of drug-likeness (QED) is 0.627. The molecule has 2 N–H and O–H groups in total. The third kappa shape index (κ3) is 4.23. The van der Waals surface area contributed by atoms with Crippen LogP contribution in [-0.4, -0.2) is 25.8 Å². The van der Waals surface area contributed by atoms with Crippen LogP contribution in [0.3, 0.4) is 0 Å². The zero-order valence-corrected chi connectivity index (χ0v) is 13.7. The second kappa shape index (κ2) is 7.15. The van der Waals surface area contributed by atoms with Gasteiger partial charge in [0.2, 0.25) is 0 Å². The van der Waals surface area contributed by atoms with Crippen molar-refractivity contribution >= 4 is 15.7 Å². The number of phenols is 1. The first-order valence-electron chi connectivity index (χ1n) is 7.01. The number of phenolic OH excluding ortho intramolecular Hbond substituents is 1. The molecule has 0 radical (unpaired) electrons. The van der Waals surface area contributed by atoms with Crippen LogP contribution in [-0.2, 0) is 10.0 Å². The van der Waals surface area contributed by atoms with Gasteiger partial charge in [-0.15, -0.1) is 0 Å². The predicted octanol–water partition coefficient (Wildman–Crippen LogP) is 2.49. The number of nitrogens with zero attached hydrogens (tertiary/aromatic N) is 1. The summed E-state index contributed by atoms with van der Waals surface area (Å²) >= 11 is 0. The van der Waals surface area contributed by atoms with E-state index in [4.69, 9.17) is 4.74 Å². The topological polar surface area (TPSA) is 88.0 Å². The van der Waals surface area contributed by atoms with E-state index in [1.807, 2.05) is 6.92 Å². The lowest BCUT2D eigenvalue weighted by Crippen LogP contribution is -2.20. The Morgan fingerprint density at radius 1 is 1.17 bits per heavy atom. The molecule has 0 amide bonds. The summed E-state index contributed by atoms with van der Waals surface area (Å²) in [4.78, 5) is 2.24. The van der Waals surface area contributed by atoms with Crippen LogP contribution in [0.2, 0.25) is 0 Å². The monoisotopic (exact) mass is 334 g/mol. The third-order valence-electron chi connectivity index (χ3n) is 3.07. The number of hydrogen-bond acceptors (Lipinski definition) is 5. The summed E-state index contributed by atoms with van der Waals surface area (Å²) in [6.07, 6.45) is 0. The van der Waals surface area contributed by atoms with Crippen LogP contribution in [0.15, 0.2) is 58.5 Å². The molecule has 122 valence electrons. The molecule has 0 aliphatic heterocycles. The molecule has 2 aromatic rings. The number of para-hydroxylation sites is 1. The lowest BCUT2D eigenvalue weighted by Gasteiger charge is -2.07. The highest BCUT2D eigenvalue weighted by atomic mass is 32.2. The molecule has 0 atom stereocenters. The van der Waals surface area contributed by atoms with Crippen LogP contribution >= 0.6 is 0 Å². The van der Waals surface area contributed by atoms with Crippen LogP contribution in [0.4, 0.5) is 0 Å². The largest absolute Gasteiger partial charge is 0.507 e. The van der Waals surface area contributed by atoms with Crippen LogP contribution in [0.25, 0.3) is 0 Å². The summed E-state index contributed by atoms with van der Waals surface area (Å²) in [5, 5.41) is 13.6. The average Bonchev–Trinajstić information content (AvgIpc) is 2.54. The highest BCUT2D eigenvalue weighted by Crippen LogP contribution is 2.18. The number of hydrazone groups is 1. The number of sulfonamides is 1. The van der Waals surface area contributed by atoms with Crippen molar-refractivity contribution in [2.24, 2.45) is 5.10 Å². The summed E-state index contributed by atoms with van der Waals surface area (Å²) in [6.45, 7) is 3.97. The third-order valence-corrected chi connectivity index (χ3v) is 4.30. The minimum absolute atomic E-state index is 0.0361. The van der Waals surface area contributed by atoms with E-state index in [1.165, 1.54) is 18.2 Å². The first kappa shape index (κ1) is 16.8. The lowest BCUT2D eigenvalue weighted by atomic mass is 10.1. The summed E-state index contributed by atoms with van der Waals surface area (Å²) in [6, 6.07) is 12.6. The van der Waals surface area contributed by atoms with Crippen molar-refractivity contribution in [3.8, 4) is 11.5 Å². The van der Waals surface area contributed by atoms with Gasteiger partial charge in [-0.1, -0.05) is 12.1 Å². The maximum Gasteiger partial charge on any atom is 0.276 e. The molecule has 2 aromatic carbocycles. The Morgan fingerprint density at radius 2 is 1.83 bits per heavy atom. The van der Waals surface area contributed by atoms with E-state index in [1.54, 1.807) is 37.3 Å². The minimum Gasteiger partial charge on any atom is -0.507 e. The van der Waals surface area contributed by atoms with E-state index >= 15 is 0 Å². The highest BCUT2D eigenvalue weighted by molar-refractivity contribution is 7.89. The van der Waals surface area contributed by atoms with Gasteiger partial charge in [-0.05, 0) is 50.2 Å². The minimum atomic E-state index is -3.78. The maximum absolute atomic E-state index is 12.2. The van der Waals surface area contributed by atoms with Crippen LogP contribution < -0.4 is 9.57 Å². The van der Waals surface area contributed by atoms with Gasteiger partial charge in [0, 0.05) is 5.56 Å². The van der Waals surface area contributed by atoms with Gasteiger partial charge >= 0.3 is 0 Å². The molecule has 0 saturated carbocycles. The zero-order chi connectivity index (χ0) is 16.9. The molecule has 2 rings (SSSR count). The molecule has 0 heterocycles. The van der Waals surface area contributed by atoms with Crippen molar-refractivity contribution in [2.75, 3.05) is 6.61 Å². The fraction of sp³-hybridized carbons (Fsp3) is 0.188. The fourth-order valence-electron chi connectivity index (χ4n) is 1.90. The smallest absolute Gasteiger partial charge is 0.276 e. The van der Waals surface area contributed by atoms with Crippen molar-refractivity contribution in [3.05, 3.63) is 54.1 Å². The Kier molecular flexibility index (Phi) is 5.23. The first-order valence-corrected chi connectivity index (χ1v) is 8.49. The molecule has 0 aliphatic carbocycles. The number of benzene rings is 2. The fourth-order valence-corrected chi connectivity index (χ4v) is 2.76. The number of rotatable bonds is 6. The summed E-state index contributed by atoms with van der Waals surface area (Å²) in [5.41, 5.74) is 0.819. The molecule has 23 heavy (non-hydrogen) atoms. The van der Waals surface area contributed by atoms with Crippen molar-refractivity contribution in [1.29, 1.82) is 0 Å². The van der Waals surface area contributed by atoms with Gasteiger partial charge in [-0.25, -0.2) is 0 Å². The highest BCUT2D eigenvalue weighted by Gasteiger charge is 2.13. The predicted molar refractivity (Wildman–Crippen MR) is 88.3 cm³/mol. The molecule has 0 bridgehead atoms. The Balaban J connectivity index is 2.18. The van der Waals surface area contributed by atoms with E-state index in [2.05, 4.69) is 9.93 Å². The molecule has 0 spiro atoms. The van der Waals surface area contributed by atoms with Gasteiger partial charge in [0.05, 0.1) is 17.2 Å². The van der Waals surface area contributed by atoms with Gasteiger partial charge in [0.15, 0.2) is 0 Å². The lowest BCUT2D eigenvalue weighted by molar-refractivity contribution is 0.340. The Bertz CT molecular complexity index is 799. The Labute approximate surface area is 135 Å². The summed E-state index contributed by atoms with van der Waals surface area (Å²) in [5.74, 6) is 0.634. The van der Waals surface area contributed by atoms with Gasteiger partial charge in [-0.2, -0.15) is 18.4 Å². The van der Waals surface area contributed by atoms with Crippen LogP contribution in [0, 0.1) is 0 Å². The van der Waals surface area contributed by atoms with E-state index in [0.717, 1.165) is 0 Å². The second-order valence-corrected chi connectivity index (χ2v) is 6.37. The SMILES string of the molecule is CCOc1ccc(S(=O)(=O)N/N=C(\C)c2ccccc2O)cc1. The zero-order valence-electron chi connectivity index (χ0n) is 12.9. The summed E-state index contributed by atoms with van der Waals surface area (Å²) < 4.78 is 29.7. The van der Waals surface area contributed by atoms with Gasteiger partial charge < -0.3 is 9.84 Å². The van der Waals surface area contributed by atoms with Crippen molar-refractivity contribution in [1.82, 2.24) is 4.83 Å². The molecule has 7 heteroatoms. The molecule has 0 fully saturated rings. The van der Waals surface area contributed by atoms with E-state index < -0.39 is 10.0 Å². The van der Waals surface area contributed by atoms with Crippen molar-refractivity contribution in [2.45, 2.75) is 18.7 Å². The van der Waals surface area contributed by atoms with E-state index in [0.29, 0.717) is 23.6 Å². The normalized spacial score (nSPS) is 12.0. The van der Waals surface area contributed by atoms with Gasteiger partial charge in [0.1, 0.15) is 11.5 Å². The number of nitrogens with one attached hydrogen (secondary N) is 1. The van der Waals surface area contributed by atoms with E-state index in [9.17, 15) is 13.5 Å². The van der Waals surface area contributed by atoms with E-state index in [-0.39, 0.29) is 10.6 Å². The number of aromatic hydroxyl groups is 1. The molecule has 0 saturated heterocycles. The number of hydrogen-bond donors (Lipinski definition) is 2. The Hall–Kier alpha value is -2.54. The molecular formula is C16H18N2O4S. The molecule has 0 aromatic heterocycles. The molecule has 0 aliphatic rings. The number of ether oxygens (including phenoxy) is 1. The van der Waals surface area contributed by atoms with Gasteiger partial charge in [-0.3, -0.25) is 0 Å². The van der Waals surface area contributed by atoms with Crippen LogP contribution in [0.1, 0.15) is 19.4 Å². The second-order valence-electron chi connectivity index (χ2n) is 4.71. The van der Waals surface area contributed by atoms with Crippen LogP contribution in [0.5, 0.6) is 11.5 Å².